The first kappa shape index (κ1) is 16.6. The van der Waals surface area contributed by atoms with Crippen LogP contribution in [-0.4, -0.2) is 0 Å². The Morgan fingerprint density at radius 3 is 2.26 bits per heavy atom. The van der Waals surface area contributed by atoms with Crippen molar-refractivity contribution in [3.63, 3.8) is 0 Å². The molecule has 2 aromatic carbocycles. The van der Waals surface area contributed by atoms with Gasteiger partial charge >= 0.3 is 0 Å². The van der Waals surface area contributed by atoms with Gasteiger partial charge in [0.25, 0.3) is 0 Å². The fourth-order valence-corrected chi connectivity index (χ4v) is 2.44. The summed E-state index contributed by atoms with van der Waals surface area (Å²) in [6, 6.07) is 16.3. The highest BCUT2D eigenvalue weighted by atomic mass is 14.6. The molecule has 0 amide bonds. The summed E-state index contributed by atoms with van der Waals surface area (Å²) in [6.45, 7) is 8.24. The average molecular weight is 301 g/mol. The van der Waals surface area contributed by atoms with Crippen LogP contribution in [0.3, 0.4) is 0 Å². The van der Waals surface area contributed by atoms with Crippen LogP contribution in [-0.2, 0) is 0 Å². The fraction of sp³-hybridized carbons (Fsp3) is 0.0909. The Labute approximate surface area is 139 Å². The van der Waals surface area contributed by atoms with Gasteiger partial charge < -0.3 is 5.73 Å². The summed E-state index contributed by atoms with van der Waals surface area (Å²) in [5, 5.41) is 0. The average Bonchev–Trinajstić information content (AvgIpc) is 2.54. The lowest BCUT2D eigenvalue weighted by molar-refractivity contribution is 1.41. The Kier molecular flexibility index (Phi) is 5.76. The minimum Gasteiger partial charge on any atom is -0.398 e. The standard InChI is InChI=1S/C22H23N/c1-4-5-6-11-17(2)16-21(19-13-8-7-12-18(19)3)20-14-9-10-15-22(20)23/h4-16H,2,23H2,1,3H3/b5-4-,11-6-,21-16+. The lowest BCUT2D eigenvalue weighted by Crippen LogP contribution is -1.97. The van der Waals surface area contributed by atoms with Crippen LogP contribution in [0, 0.1) is 6.92 Å². The van der Waals surface area contributed by atoms with E-state index in [1.165, 1.54) is 11.1 Å². The molecule has 0 heterocycles. The number of hydrogen-bond acceptors (Lipinski definition) is 1. The van der Waals surface area contributed by atoms with Crippen molar-refractivity contribution in [3.05, 3.63) is 108 Å². The summed E-state index contributed by atoms with van der Waals surface area (Å²) in [7, 11) is 0. The Morgan fingerprint density at radius 1 is 0.957 bits per heavy atom. The molecule has 1 heteroatoms. The molecule has 2 aromatic rings. The topological polar surface area (TPSA) is 26.0 Å². The van der Waals surface area contributed by atoms with Crippen molar-refractivity contribution in [1.29, 1.82) is 0 Å². The van der Waals surface area contributed by atoms with Crippen molar-refractivity contribution in [2.24, 2.45) is 0 Å². The zero-order valence-electron chi connectivity index (χ0n) is 13.8. The molecule has 2 N–H and O–H groups in total. The van der Waals surface area contributed by atoms with E-state index >= 15 is 0 Å². The molecule has 0 saturated carbocycles. The van der Waals surface area contributed by atoms with Crippen LogP contribution in [0.15, 0.2) is 91.1 Å². The first-order chi connectivity index (χ1) is 11.1. The largest absolute Gasteiger partial charge is 0.398 e. The Balaban J connectivity index is 2.55. The third-order valence-electron chi connectivity index (χ3n) is 3.63. The smallest absolute Gasteiger partial charge is 0.0393 e. The molecule has 116 valence electrons. The monoisotopic (exact) mass is 301 g/mol. The van der Waals surface area contributed by atoms with E-state index in [0.717, 1.165) is 22.4 Å². The fourth-order valence-electron chi connectivity index (χ4n) is 2.44. The molecule has 1 nitrogen and oxygen atoms in total. The van der Waals surface area contributed by atoms with Crippen molar-refractivity contribution in [2.75, 3.05) is 5.73 Å². The minimum atomic E-state index is 0.771. The summed E-state index contributed by atoms with van der Waals surface area (Å²) >= 11 is 0. The first-order valence-corrected chi connectivity index (χ1v) is 7.74. The zero-order chi connectivity index (χ0) is 16.7. The van der Waals surface area contributed by atoms with Crippen LogP contribution in [0.2, 0.25) is 0 Å². The van der Waals surface area contributed by atoms with E-state index in [4.69, 9.17) is 5.73 Å². The summed E-state index contributed by atoms with van der Waals surface area (Å²) < 4.78 is 0. The molecule has 0 aliphatic rings. The SMILES string of the molecule is C=C(/C=C\C=C/C)/C=C(\c1ccccc1C)c1ccccc1N. The zero-order valence-corrected chi connectivity index (χ0v) is 13.8. The third kappa shape index (κ3) is 4.33. The van der Waals surface area contributed by atoms with Crippen molar-refractivity contribution < 1.29 is 0 Å². The van der Waals surface area contributed by atoms with Gasteiger partial charge in [-0.2, -0.15) is 0 Å². The van der Waals surface area contributed by atoms with Crippen molar-refractivity contribution in [3.8, 4) is 0 Å². The predicted molar refractivity (Wildman–Crippen MR) is 102 cm³/mol. The molecule has 0 spiro atoms. The molecular weight excluding hydrogens is 278 g/mol. The lowest BCUT2D eigenvalue weighted by atomic mass is 9.92. The minimum absolute atomic E-state index is 0.771. The van der Waals surface area contributed by atoms with Crippen LogP contribution in [0.25, 0.3) is 5.57 Å². The van der Waals surface area contributed by atoms with E-state index in [-0.39, 0.29) is 0 Å². The number of aryl methyl sites for hydroxylation is 1. The second-order valence-corrected chi connectivity index (χ2v) is 5.42. The normalized spacial score (nSPS) is 12.2. The highest BCUT2D eigenvalue weighted by Gasteiger charge is 2.10. The number of para-hydroxylation sites is 1. The molecule has 23 heavy (non-hydrogen) atoms. The molecule has 0 bridgehead atoms. The molecule has 0 fully saturated rings. The molecule has 0 radical (unpaired) electrons. The highest BCUT2D eigenvalue weighted by Crippen LogP contribution is 2.30. The number of nitrogens with two attached hydrogens (primary N) is 1. The maximum absolute atomic E-state index is 6.21. The number of nitrogen functional groups attached to an aromatic ring is 1. The molecule has 0 atom stereocenters. The highest BCUT2D eigenvalue weighted by molar-refractivity contribution is 5.88. The number of hydrogen-bond donors (Lipinski definition) is 1. The quantitative estimate of drug-likeness (QED) is 0.556. The number of allylic oxidation sites excluding steroid dienone is 6. The van der Waals surface area contributed by atoms with E-state index in [9.17, 15) is 0 Å². The first-order valence-electron chi connectivity index (χ1n) is 7.74. The van der Waals surface area contributed by atoms with Crippen LogP contribution >= 0.6 is 0 Å². The molecule has 2 rings (SSSR count). The number of anilines is 1. The van der Waals surface area contributed by atoms with Crippen molar-refractivity contribution in [1.82, 2.24) is 0 Å². The van der Waals surface area contributed by atoms with E-state index in [2.05, 4.69) is 37.8 Å². The summed E-state index contributed by atoms with van der Waals surface area (Å²) in [5.41, 5.74) is 12.4. The summed E-state index contributed by atoms with van der Waals surface area (Å²) in [5.74, 6) is 0. The molecule has 0 unspecified atom stereocenters. The van der Waals surface area contributed by atoms with E-state index < -0.39 is 0 Å². The summed E-state index contributed by atoms with van der Waals surface area (Å²) in [4.78, 5) is 0. The van der Waals surface area contributed by atoms with Gasteiger partial charge in [0.1, 0.15) is 0 Å². The van der Waals surface area contributed by atoms with Gasteiger partial charge in [-0.1, -0.05) is 73.3 Å². The molecule has 0 saturated heterocycles. The second kappa shape index (κ2) is 8.00. The van der Waals surface area contributed by atoms with E-state index in [1.807, 2.05) is 61.6 Å². The van der Waals surface area contributed by atoms with Crippen LogP contribution in [0.5, 0.6) is 0 Å². The Bertz CT molecular complexity index is 729. The van der Waals surface area contributed by atoms with Gasteiger partial charge in [0.05, 0.1) is 0 Å². The molecule has 0 aliphatic heterocycles. The van der Waals surface area contributed by atoms with Gasteiger partial charge in [0.15, 0.2) is 0 Å². The predicted octanol–water partition coefficient (Wildman–Crippen LogP) is 5.70. The van der Waals surface area contributed by atoms with Gasteiger partial charge in [-0.25, -0.2) is 0 Å². The summed E-state index contributed by atoms with van der Waals surface area (Å²) in [6.07, 6.45) is 10.1. The number of rotatable bonds is 5. The second-order valence-electron chi connectivity index (χ2n) is 5.42. The van der Waals surface area contributed by atoms with Crippen LogP contribution in [0.4, 0.5) is 5.69 Å². The van der Waals surface area contributed by atoms with Gasteiger partial charge in [-0.05, 0) is 48.3 Å². The number of benzene rings is 2. The van der Waals surface area contributed by atoms with Crippen molar-refractivity contribution in [2.45, 2.75) is 13.8 Å². The van der Waals surface area contributed by atoms with E-state index in [1.54, 1.807) is 0 Å². The van der Waals surface area contributed by atoms with Gasteiger partial charge in [0, 0.05) is 11.3 Å². The Hall–Kier alpha value is -2.80. The van der Waals surface area contributed by atoms with Gasteiger partial charge in [0.2, 0.25) is 0 Å². The molecule has 0 aliphatic carbocycles. The molecule has 0 aromatic heterocycles. The Morgan fingerprint density at radius 2 is 1.61 bits per heavy atom. The lowest BCUT2D eigenvalue weighted by Gasteiger charge is -2.14. The maximum atomic E-state index is 6.21. The van der Waals surface area contributed by atoms with Crippen LogP contribution < -0.4 is 5.73 Å². The van der Waals surface area contributed by atoms with E-state index in [0.29, 0.717) is 0 Å². The van der Waals surface area contributed by atoms with Gasteiger partial charge in [-0.15, -0.1) is 0 Å². The maximum Gasteiger partial charge on any atom is 0.0393 e. The van der Waals surface area contributed by atoms with Crippen molar-refractivity contribution >= 4 is 11.3 Å². The third-order valence-corrected chi connectivity index (χ3v) is 3.63. The van der Waals surface area contributed by atoms with Gasteiger partial charge in [-0.3, -0.25) is 0 Å². The van der Waals surface area contributed by atoms with Crippen LogP contribution in [0.1, 0.15) is 23.6 Å². The molecular formula is C22H23N.